The molecule has 6 nitrogen and oxygen atoms in total. The molecule has 1 N–H and O–H groups in total. The minimum absolute atomic E-state index is 0.0771. The Labute approximate surface area is 148 Å². The molecule has 1 aromatic carbocycles. The molecule has 0 aliphatic carbocycles. The first-order valence-electron chi connectivity index (χ1n) is 8.72. The Morgan fingerprint density at radius 1 is 1.24 bits per heavy atom. The van der Waals surface area contributed by atoms with Gasteiger partial charge in [0.2, 0.25) is 11.8 Å². The molecular weight excluding hydrogens is 320 g/mol. The van der Waals surface area contributed by atoms with Gasteiger partial charge < -0.3 is 14.9 Å². The molecule has 1 heterocycles. The third-order valence-electron chi connectivity index (χ3n) is 4.88. The first-order chi connectivity index (χ1) is 11.9. The second kappa shape index (κ2) is 8.65. The van der Waals surface area contributed by atoms with Crippen molar-refractivity contribution in [2.45, 2.75) is 45.7 Å². The zero-order chi connectivity index (χ0) is 18.4. The van der Waals surface area contributed by atoms with Gasteiger partial charge in [0, 0.05) is 39.0 Å². The van der Waals surface area contributed by atoms with Crippen LogP contribution in [0.15, 0.2) is 30.3 Å². The number of carbonyl (C=O) groups is 3. The van der Waals surface area contributed by atoms with Crippen molar-refractivity contribution in [3.05, 3.63) is 35.9 Å². The Bertz CT molecular complexity index is 617. The van der Waals surface area contributed by atoms with E-state index in [1.54, 1.807) is 16.7 Å². The fourth-order valence-corrected chi connectivity index (χ4v) is 3.35. The molecule has 2 rings (SSSR count). The van der Waals surface area contributed by atoms with Gasteiger partial charge in [-0.1, -0.05) is 30.3 Å². The van der Waals surface area contributed by atoms with Crippen LogP contribution in [0.2, 0.25) is 0 Å². The van der Waals surface area contributed by atoms with E-state index in [0.29, 0.717) is 32.5 Å². The van der Waals surface area contributed by atoms with Gasteiger partial charge in [-0.2, -0.15) is 0 Å². The van der Waals surface area contributed by atoms with Crippen LogP contribution in [0.25, 0.3) is 0 Å². The average molecular weight is 346 g/mol. The van der Waals surface area contributed by atoms with Gasteiger partial charge in [-0.05, 0) is 25.3 Å². The van der Waals surface area contributed by atoms with Crippen LogP contribution >= 0.6 is 0 Å². The van der Waals surface area contributed by atoms with E-state index in [-0.39, 0.29) is 24.3 Å². The number of carboxylic acid groups (broad SMARTS) is 1. The number of benzene rings is 1. The summed E-state index contributed by atoms with van der Waals surface area (Å²) in [5, 5.41) is 9.27. The van der Waals surface area contributed by atoms with E-state index in [1.807, 2.05) is 30.3 Å². The predicted octanol–water partition coefficient (Wildman–Crippen LogP) is 2.14. The van der Waals surface area contributed by atoms with E-state index in [0.717, 1.165) is 5.56 Å². The molecule has 0 bridgehead atoms. The van der Waals surface area contributed by atoms with Crippen LogP contribution in [-0.4, -0.2) is 51.8 Å². The fraction of sp³-hybridized carbons (Fsp3) is 0.526. The van der Waals surface area contributed by atoms with E-state index in [4.69, 9.17) is 0 Å². The molecule has 1 aromatic rings. The maximum atomic E-state index is 12.6. The number of likely N-dealkylation sites (tertiary alicyclic amines) is 1. The maximum Gasteiger partial charge on any atom is 0.308 e. The monoisotopic (exact) mass is 346 g/mol. The van der Waals surface area contributed by atoms with Gasteiger partial charge in [0.25, 0.3) is 0 Å². The molecule has 0 saturated carbocycles. The van der Waals surface area contributed by atoms with Crippen LogP contribution in [0.3, 0.4) is 0 Å². The second-order valence-corrected chi connectivity index (χ2v) is 6.59. The van der Waals surface area contributed by atoms with Crippen molar-refractivity contribution >= 4 is 17.8 Å². The SMILES string of the molecule is CC(=O)N(CCC(=O)N1CCC[C@@H](C(=O)O)[C@H]1C)Cc1ccccc1. The first kappa shape index (κ1) is 19.0. The number of piperidine rings is 1. The molecule has 2 atom stereocenters. The van der Waals surface area contributed by atoms with Crippen molar-refractivity contribution in [3.63, 3.8) is 0 Å². The van der Waals surface area contributed by atoms with Gasteiger partial charge in [0.05, 0.1) is 5.92 Å². The predicted molar refractivity (Wildman–Crippen MR) is 93.7 cm³/mol. The van der Waals surface area contributed by atoms with Crippen molar-refractivity contribution in [2.24, 2.45) is 5.92 Å². The third-order valence-corrected chi connectivity index (χ3v) is 4.88. The fourth-order valence-electron chi connectivity index (χ4n) is 3.35. The van der Waals surface area contributed by atoms with Gasteiger partial charge in [-0.25, -0.2) is 0 Å². The molecule has 1 fully saturated rings. The van der Waals surface area contributed by atoms with Crippen molar-refractivity contribution in [3.8, 4) is 0 Å². The molecular formula is C19H26N2O4. The van der Waals surface area contributed by atoms with Gasteiger partial charge >= 0.3 is 5.97 Å². The zero-order valence-corrected chi connectivity index (χ0v) is 14.9. The van der Waals surface area contributed by atoms with Gasteiger partial charge in [-0.15, -0.1) is 0 Å². The summed E-state index contributed by atoms with van der Waals surface area (Å²) in [6, 6.07) is 9.34. The number of hydrogen-bond acceptors (Lipinski definition) is 3. The van der Waals surface area contributed by atoms with E-state index in [9.17, 15) is 19.5 Å². The number of carbonyl (C=O) groups excluding carboxylic acids is 2. The Morgan fingerprint density at radius 3 is 2.52 bits per heavy atom. The molecule has 0 spiro atoms. The van der Waals surface area contributed by atoms with Crippen molar-refractivity contribution in [1.29, 1.82) is 0 Å². The Hall–Kier alpha value is -2.37. The Balaban J connectivity index is 1.94. The highest BCUT2D eigenvalue weighted by molar-refractivity contribution is 5.80. The summed E-state index contributed by atoms with van der Waals surface area (Å²) in [5.41, 5.74) is 1.02. The lowest BCUT2D eigenvalue weighted by atomic mass is 9.90. The average Bonchev–Trinajstić information content (AvgIpc) is 2.58. The standard InChI is InChI=1S/C19H26N2O4/c1-14-17(19(24)25)9-6-11-21(14)18(23)10-12-20(15(2)22)13-16-7-4-3-5-8-16/h3-5,7-8,14,17H,6,9-13H2,1-2H3,(H,24,25)/t14-,17-/m1/s1. The minimum Gasteiger partial charge on any atom is -0.481 e. The van der Waals surface area contributed by atoms with Gasteiger partial charge in [-0.3, -0.25) is 14.4 Å². The summed E-state index contributed by atoms with van der Waals surface area (Å²) in [6.45, 7) is 4.68. The smallest absolute Gasteiger partial charge is 0.308 e. The minimum atomic E-state index is -0.848. The number of carboxylic acids is 1. The van der Waals surface area contributed by atoms with Crippen LogP contribution in [0.5, 0.6) is 0 Å². The van der Waals surface area contributed by atoms with Crippen LogP contribution < -0.4 is 0 Å². The van der Waals surface area contributed by atoms with Gasteiger partial charge in [0.15, 0.2) is 0 Å². The Morgan fingerprint density at radius 2 is 1.92 bits per heavy atom. The highest BCUT2D eigenvalue weighted by atomic mass is 16.4. The number of aliphatic carboxylic acids is 1. The number of nitrogens with zero attached hydrogens (tertiary/aromatic N) is 2. The van der Waals surface area contributed by atoms with Crippen molar-refractivity contribution < 1.29 is 19.5 Å². The lowest BCUT2D eigenvalue weighted by Crippen LogP contribution is -2.49. The molecule has 6 heteroatoms. The van der Waals surface area contributed by atoms with Crippen LogP contribution in [0, 0.1) is 5.92 Å². The number of amides is 2. The summed E-state index contributed by atoms with van der Waals surface area (Å²) < 4.78 is 0. The van der Waals surface area contributed by atoms with E-state index in [2.05, 4.69) is 0 Å². The highest BCUT2D eigenvalue weighted by Crippen LogP contribution is 2.24. The topological polar surface area (TPSA) is 77.9 Å². The second-order valence-electron chi connectivity index (χ2n) is 6.59. The highest BCUT2D eigenvalue weighted by Gasteiger charge is 2.35. The molecule has 0 radical (unpaired) electrons. The van der Waals surface area contributed by atoms with Crippen molar-refractivity contribution in [1.82, 2.24) is 9.80 Å². The van der Waals surface area contributed by atoms with E-state index < -0.39 is 11.9 Å². The number of rotatable bonds is 6. The molecule has 136 valence electrons. The van der Waals surface area contributed by atoms with Crippen molar-refractivity contribution in [2.75, 3.05) is 13.1 Å². The molecule has 0 unspecified atom stereocenters. The normalized spacial score (nSPS) is 20.2. The summed E-state index contributed by atoms with van der Waals surface area (Å²) in [5.74, 6) is -1.52. The van der Waals surface area contributed by atoms with Crippen LogP contribution in [-0.2, 0) is 20.9 Å². The quantitative estimate of drug-likeness (QED) is 0.856. The zero-order valence-electron chi connectivity index (χ0n) is 14.9. The molecule has 1 saturated heterocycles. The summed E-state index contributed by atoms with van der Waals surface area (Å²) >= 11 is 0. The lowest BCUT2D eigenvalue weighted by Gasteiger charge is -2.38. The van der Waals surface area contributed by atoms with E-state index in [1.165, 1.54) is 6.92 Å². The van der Waals surface area contributed by atoms with Crippen LogP contribution in [0.1, 0.15) is 38.7 Å². The third kappa shape index (κ3) is 5.05. The lowest BCUT2D eigenvalue weighted by molar-refractivity contribution is -0.149. The summed E-state index contributed by atoms with van der Waals surface area (Å²) in [4.78, 5) is 39.0. The Kier molecular flexibility index (Phi) is 6.56. The number of hydrogen-bond donors (Lipinski definition) is 1. The molecule has 1 aliphatic heterocycles. The van der Waals surface area contributed by atoms with Gasteiger partial charge in [0.1, 0.15) is 0 Å². The molecule has 0 aromatic heterocycles. The van der Waals surface area contributed by atoms with Crippen LogP contribution in [0.4, 0.5) is 0 Å². The largest absolute Gasteiger partial charge is 0.481 e. The maximum absolute atomic E-state index is 12.6. The van der Waals surface area contributed by atoms with E-state index >= 15 is 0 Å². The molecule has 1 aliphatic rings. The summed E-state index contributed by atoms with van der Waals surface area (Å²) in [7, 11) is 0. The first-order valence-corrected chi connectivity index (χ1v) is 8.72. The molecule has 2 amide bonds. The molecule has 25 heavy (non-hydrogen) atoms. The summed E-state index contributed by atoms with van der Waals surface area (Å²) in [6.07, 6.45) is 1.52.